The van der Waals surface area contributed by atoms with Gasteiger partial charge in [-0.1, -0.05) is 12.1 Å². The maximum Gasteiger partial charge on any atom is 0.171 e. The summed E-state index contributed by atoms with van der Waals surface area (Å²) in [5.74, 6) is 0.0524. The highest BCUT2D eigenvalue weighted by molar-refractivity contribution is 5.97. The third-order valence-corrected chi connectivity index (χ3v) is 5.08. The molecule has 0 N–H and O–H groups in total. The Labute approximate surface area is 156 Å². The number of nitrogens with zero attached hydrogens (tertiary/aromatic N) is 5. The average Bonchev–Trinajstić information content (AvgIpc) is 3.24. The molecule has 0 atom stereocenters. The second-order valence-electron chi connectivity index (χ2n) is 7.17. The molecule has 5 rings (SSSR count). The average molecular weight is 357 g/mol. The molecule has 3 heterocycles. The number of rotatable bonds is 5. The Hall–Kier alpha value is -3.28. The first-order chi connectivity index (χ1) is 13.2. The van der Waals surface area contributed by atoms with Gasteiger partial charge in [0.15, 0.2) is 5.78 Å². The number of carbonyl (C=O) groups is 1. The minimum atomic E-state index is 0.0524. The van der Waals surface area contributed by atoms with Crippen molar-refractivity contribution in [1.82, 2.24) is 24.3 Å². The van der Waals surface area contributed by atoms with Crippen LogP contribution >= 0.6 is 0 Å². The molecule has 0 amide bonds. The normalized spacial score (nSPS) is 14.0. The van der Waals surface area contributed by atoms with Crippen molar-refractivity contribution in [2.24, 2.45) is 7.05 Å². The highest BCUT2D eigenvalue weighted by Crippen LogP contribution is 2.34. The smallest absolute Gasteiger partial charge is 0.171 e. The summed E-state index contributed by atoms with van der Waals surface area (Å²) < 4.78 is 3.89. The van der Waals surface area contributed by atoms with Gasteiger partial charge >= 0.3 is 0 Å². The van der Waals surface area contributed by atoms with Crippen LogP contribution in [-0.4, -0.2) is 30.1 Å². The van der Waals surface area contributed by atoms with Crippen molar-refractivity contribution in [2.45, 2.75) is 25.3 Å². The van der Waals surface area contributed by atoms with E-state index in [-0.39, 0.29) is 12.2 Å². The van der Waals surface area contributed by atoms with E-state index < -0.39 is 0 Å². The molecule has 0 radical (unpaired) electrons. The number of Topliss-reactive ketones (excluding diaryl/α,β-unsaturated/α-hetero) is 1. The first-order valence-corrected chi connectivity index (χ1v) is 9.10. The van der Waals surface area contributed by atoms with Crippen molar-refractivity contribution in [3.05, 3.63) is 66.6 Å². The van der Waals surface area contributed by atoms with Gasteiger partial charge in [-0.05, 0) is 30.4 Å². The van der Waals surface area contributed by atoms with E-state index in [0.717, 1.165) is 40.6 Å². The molecule has 1 saturated carbocycles. The predicted octanol–water partition coefficient (Wildman–Crippen LogP) is 3.59. The van der Waals surface area contributed by atoms with Crippen LogP contribution in [0.3, 0.4) is 0 Å². The summed E-state index contributed by atoms with van der Waals surface area (Å²) in [5, 5.41) is 6.43. The summed E-state index contributed by atoms with van der Waals surface area (Å²) in [6.07, 6.45) is 11.6. The summed E-state index contributed by atoms with van der Waals surface area (Å²) in [7, 11) is 1.98. The Morgan fingerprint density at radius 3 is 2.81 bits per heavy atom. The summed E-state index contributed by atoms with van der Waals surface area (Å²) >= 11 is 0. The van der Waals surface area contributed by atoms with E-state index in [1.807, 2.05) is 41.0 Å². The van der Waals surface area contributed by atoms with Crippen LogP contribution in [0.25, 0.3) is 22.0 Å². The third-order valence-electron chi connectivity index (χ3n) is 5.08. The van der Waals surface area contributed by atoms with Crippen molar-refractivity contribution >= 4 is 16.6 Å². The van der Waals surface area contributed by atoms with E-state index in [1.54, 1.807) is 12.5 Å². The van der Waals surface area contributed by atoms with Crippen LogP contribution in [0.4, 0.5) is 0 Å². The molecule has 134 valence electrons. The van der Waals surface area contributed by atoms with Crippen molar-refractivity contribution in [1.29, 1.82) is 0 Å². The molecule has 1 aliphatic rings. The number of imidazole rings is 1. The van der Waals surface area contributed by atoms with Crippen LogP contribution in [0.2, 0.25) is 0 Å². The molecule has 1 aliphatic carbocycles. The number of pyridine rings is 1. The van der Waals surface area contributed by atoms with Gasteiger partial charge in [0.25, 0.3) is 0 Å². The third kappa shape index (κ3) is 3.03. The Morgan fingerprint density at radius 1 is 1.15 bits per heavy atom. The summed E-state index contributed by atoms with van der Waals surface area (Å²) in [5.41, 5.74) is 3.58. The van der Waals surface area contributed by atoms with E-state index >= 15 is 0 Å². The molecular formula is C21H19N5O. The molecule has 6 heteroatoms. The van der Waals surface area contributed by atoms with Crippen LogP contribution in [0.15, 0.2) is 55.4 Å². The summed E-state index contributed by atoms with van der Waals surface area (Å²) in [6, 6.07) is 8.72. The monoisotopic (exact) mass is 357 g/mol. The van der Waals surface area contributed by atoms with Crippen LogP contribution in [0, 0.1) is 0 Å². The van der Waals surface area contributed by atoms with Gasteiger partial charge in [0, 0.05) is 36.1 Å². The van der Waals surface area contributed by atoms with Gasteiger partial charge in [-0.15, -0.1) is 0 Å². The first-order valence-electron chi connectivity index (χ1n) is 9.10. The second kappa shape index (κ2) is 6.16. The van der Waals surface area contributed by atoms with Crippen molar-refractivity contribution in [2.75, 3.05) is 0 Å². The molecule has 0 spiro atoms. The second-order valence-corrected chi connectivity index (χ2v) is 7.17. The van der Waals surface area contributed by atoms with E-state index in [2.05, 4.69) is 33.3 Å². The van der Waals surface area contributed by atoms with Crippen molar-refractivity contribution in [3.63, 3.8) is 0 Å². The van der Waals surface area contributed by atoms with Crippen molar-refractivity contribution in [3.8, 4) is 11.3 Å². The summed E-state index contributed by atoms with van der Waals surface area (Å²) in [6.45, 7) is 0. The number of aryl methyl sites for hydroxylation is 1. The molecule has 3 aromatic heterocycles. The quantitative estimate of drug-likeness (QED) is 0.512. The standard InChI is InChI=1S/C21H19N5O/c1-25-13-22-11-20(25)14-2-3-15-9-23-18(7-16(15)6-14)8-21(27)17-10-24-26(12-17)19-4-5-19/h2-3,6-7,9-13,19H,4-5,8H2,1H3. The van der Waals surface area contributed by atoms with Crippen LogP contribution in [-0.2, 0) is 13.5 Å². The highest BCUT2D eigenvalue weighted by atomic mass is 16.1. The topological polar surface area (TPSA) is 65.6 Å². The fraction of sp³-hybridized carbons (Fsp3) is 0.238. The Morgan fingerprint density at radius 2 is 2.04 bits per heavy atom. The lowest BCUT2D eigenvalue weighted by Crippen LogP contribution is -2.04. The van der Waals surface area contributed by atoms with Crippen LogP contribution < -0.4 is 0 Å². The van der Waals surface area contributed by atoms with Gasteiger partial charge in [0.1, 0.15) is 0 Å². The fourth-order valence-corrected chi connectivity index (χ4v) is 3.37. The minimum absolute atomic E-state index is 0.0524. The van der Waals surface area contributed by atoms with Gasteiger partial charge in [-0.25, -0.2) is 4.98 Å². The molecule has 0 unspecified atom stereocenters. The van der Waals surface area contributed by atoms with Gasteiger partial charge in [0.2, 0.25) is 0 Å². The molecule has 0 aliphatic heterocycles. The van der Waals surface area contributed by atoms with E-state index in [4.69, 9.17) is 0 Å². The SMILES string of the molecule is Cn1cncc1-c1ccc2cnc(CC(=O)c3cnn(C4CC4)c3)cc2c1. The molecule has 1 fully saturated rings. The zero-order valence-corrected chi connectivity index (χ0v) is 15.0. The fourth-order valence-electron chi connectivity index (χ4n) is 3.37. The number of carbonyl (C=O) groups excluding carboxylic acids is 1. The lowest BCUT2D eigenvalue weighted by Gasteiger charge is -2.06. The zero-order valence-electron chi connectivity index (χ0n) is 15.0. The Bertz CT molecular complexity index is 1150. The molecule has 6 nitrogen and oxygen atoms in total. The zero-order chi connectivity index (χ0) is 18.4. The number of hydrogen-bond acceptors (Lipinski definition) is 4. The Balaban J connectivity index is 1.42. The van der Waals surface area contributed by atoms with E-state index in [0.29, 0.717) is 11.6 Å². The molecule has 0 saturated heterocycles. The maximum absolute atomic E-state index is 12.6. The van der Waals surface area contributed by atoms with Gasteiger partial charge in [0.05, 0.1) is 42.4 Å². The predicted molar refractivity (Wildman–Crippen MR) is 102 cm³/mol. The molecular weight excluding hydrogens is 338 g/mol. The van der Waals surface area contributed by atoms with Gasteiger partial charge in [-0.2, -0.15) is 5.10 Å². The Kier molecular flexibility index (Phi) is 3.63. The lowest BCUT2D eigenvalue weighted by atomic mass is 10.0. The number of fused-ring (bicyclic) bond motifs is 1. The van der Waals surface area contributed by atoms with Crippen molar-refractivity contribution < 1.29 is 4.79 Å². The molecule has 4 aromatic rings. The molecule has 27 heavy (non-hydrogen) atoms. The molecule has 1 aromatic carbocycles. The van der Waals surface area contributed by atoms with Gasteiger partial charge in [-0.3, -0.25) is 14.5 Å². The lowest BCUT2D eigenvalue weighted by molar-refractivity contribution is 0.0992. The summed E-state index contributed by atoms with van der Waals surface area (Å²) in [4.78, 5) is 21.3. The minimum Gasteiger partial charge on any atom is -0.334 e. The largest absolute Gasteiger partial charge is 0.334 e. The number of hydrogen-bond donors (Lipinski definition) is 0. The highest BCUT2D eigenvalue weighted by Gasteiger charge is 2.25. The number of aromatic nitrogens is 5. The van der Waals surface area contributed by atoms with Crippen LogP contribution in [0.1, 0.15) is 34.9 Å². The molecule has 0 bridgehead atoms. The van der Waals surface area contributed by atoms with E-state index in [9.17, 15) is 4.79 Å². The number of ketones is 1. The van der Waals surface area contributed by atoms with Gasteiger partial charge < -0.3 is 4.57 Å². The van der Waals surface area contributed by atoms with E-state index in [1.165, 1.54) is 0 Å². The number of benzene rings is 1. The maximum atomic E-state index is 12.6. The first kappa shape index (κ1) is 15.9. The van der Waals surface area contributed by atoms with Crippen LogP contribution in [0.5, 0.6) is 0 Å².